The molecule has 0 saturated carbocycles. The molecule has 0 aliphatic carbocycles. The van der Waals surface area contributed by atoms with Crippen LogP contribution in [-0.4, -0.2) is 43.5 Å². The molecule has 0 aliphatic rings. The fourth-order valence-corrected chi connectivity index (χ4v) is 4.65. The van der Waals surface area contributed by atoms with E-state index in [1.165, 1.54) is 0 Å². The number of carbonyl (C=O) groups excluding carboxylic acids is 1. The van der Waals surface area contributed by atoms with Gasteiger partial charge in [0.15, 0.2) is 17.5 Å². The zero-order valence-electron chi connectivity index (χ0n) is 15.9. The first-order valence-electron chi connectivity index (χ1n) is 8.52. The second kappa shape index (κ2) is 10.1. The van der Waals surface area contributed by atoms with Crippen LogP contribution in [0.1, 0.15) is 34.1 Å². The molecule has 0 unspecified atom stereocenters. The Labute approximate surface area is 160 Å². The predicted octanol–water partition coefficient (Wildman–Crippen LogP) is 4.27. The molecule has 2 amide bonds. The van der Waals surface area contributed by atoms with Gasteiger partial charge in [0, 0.05) is 18.3 Å². The van der Waals surface area contributed by atoms with Crippen molar-refractivity contribution < 1.29 is 40.6 Å². The minimum Gasteiger partial charge on any atom is -0.390 e. The van der Waals surface area contributed by atoms with Crippen LogP contribution < -0.4 is 5.12 Å². The average molecular weight is 430 g/mol. The van der Waals surface area contributed by atoms with Crippen molar-refractivity contribution in [3.8, 4) is 0 Å². The van der Waals surface area contributed by atoms with E-state index >= 15 is 0 Å². The number of amides is 2. The molecule has 6 nitrogen and oxygen atoms in total. The molecule has 1 N–H and O–H groups in total. The third kappa shape index (κ3) is 6.69. The Morgan fingerprint density at radius 1 is 1.07 bits per heavy atom. The molecule has 0 fully saturated rings. The van der Waals surface area contributed by atoms with Crippen molar-refractivity contribution in [1.82, 2.24) is 5.12 Å². The molecule has 0 bridgehead atoms. The third-order valence-electron chi connectivity index (χ3n) is 3.29. The summed E-state index contributed by atoms with van der Waals surface area (Å²) in [6.45, 7) is 6.00. The Bertz CT molecular complexity index is 671. The molecule has 0 aromatic heterocycles. The van der Waals surface area contributed by atoms with E-state index in [9.17, 15) is 31.7 Å². The van der Waals surface area contributed by atoms with Crippen LogP contribution in [0.4, 0.5) is 32.6 Å². The average Bonchev–Trinajstić information content (AvgIpc) is 2.56. The second-order valence-electron chi connectivity index (χ2n) is 6.49. The molecule has 1 aromatic carbocycles. The van der Waals surface area contributed by atoms with Crippen molar-refractivity contribution in [3.05, 3.63) is 29.6 Å². The van der Waals surface area contributed by atoms with Gasteiger partial charge in [0.05, 0.1) is 6.54 Å². The molecular weight excluding hydrogens is 407 g/mol. The van der Waals surface area contributed by atoms with E-state index in [0.29, 0.717) is 12.1 Å². The number of rotatable bonds is 9. The first-order chi connectivity index (χ1) is 12.9. The van der Waals surface area contributed by atoms with E-state index in [2.05, 4.69) is 0 Å². The van der Waals surface area contributed by atoms with Gasteiger partial charge in [-0.2, -0.15) is 5.12 Å². The summed E-state index contributed by atoms with van der Waals surface area (Å²) < 4.78 is 78.2. The van der Waals surface area contributed by atoms with Crippen LogP contribution in [0.15, 0.2) is 12.1 Å². The molecular formula is C16H23F5N2O4Si. The van der Waals surface area contributed by atoms with Gasteiger partial charge in [-0.05, 0) is 46.2 Å². The lowest BCUT2D eigenvalue weighted by Crippen LogP contribution is -2.47. The van der Waals surface area contributed by atoms with Crippen LogP contribution in [-0.2, 0) is 8.85 Å². The minimum absolute atomic E-state index is 0.122. The zero-order valence-corrected chi connectivity index (χ0v) is 16.9. The van der Waals surface area contributed by atoms with Crippen molar-refractivity contribution in [3.63, 3.8) is 0 Å². The van der Waals surface area contributed by atoms with Gasteiger partial charge in [-0.15, -0.1) is 5.12 Å². The van der Waals surface area contributed by atoms with E-state index in [1.54, 1.807) is 27.7 Å². The van der Waals surface area contributed by atoms with Gasteiger partial charge >= 0.3 is 14.8 Å². The number of halogens is 5. The number of hydrogen-bond donors (Lipinski definition) is 1. The Hall–Kier alpha value is -1.76. The summed E-state index contributed by atoms with van der Waals surface area (Å²) in [7, 11) is -3.65. The van der Waals surface area contributed by atoms with Gasteiger partial charge in [-0.1, -0.05) is 8.96 Å². The number of urea groups is 1. The van der Waals surface area contributed by atoms with Gasteiger partial charge < -0.3 is 13.6 Å². The first-order valence-corrected chi connectivity index (χ1v) is 10.5. The standard InChI is InChI=1S/C16H23F5N2O4Si/c1-10(2)26-28(25,27-11(3)4)9-5-8-22(20)16(24)23(21)13-7-6-12(17)14(18)15(13)19/h6-7,10-11,25H,5,8-9H2,1-4H3. The van der Waals surface area contributed by atoms with E-state index in [4.69, 9.17) is 8.85 Å². The number of carbonyl (C=O) groups is 1. The number of nitrogens with zero attached hydrogens (tertiary/aromatic N) is 2. The highest BCUT2D eigenvalue weighted by Gasteiger charge is 2.39. The van der Waals surface area contributed by atoms with Crippen molar-refractivity contribution in [2.24, 2.45) is 0 Å². The first kappa shape index (κ1) is 24.3. The van der Waals surface area contributed by atoms with Crippen LogP contribution in [0.25, 0.3) is 0 Å². The third-order valence-corrected chi connectivity index (χ3v) is 5.95. The van der Waals surface area contributed by atoms with E-state index in [0.717, 1.165) is 0 Å². The van der Waals surface area contributed by atoms with Crippen LogP contribution >= 0.6 is 0 Å². The maximum atomic E-state index is 13.9. The summed E-state index contributed by atoms with van der Waals surface area (Å²) in [6.07, 6.45) is -0.884. The summed E-state index contributed by atoms with van der Waals surface area (Å²) in [5.74, 6) is -5.55. The molecule has 160 valence electrons. The van der Waals surface area contributed by atoms with Crippen molar-refractivity contribution >= 4 is 20.5 Å². The van der Waals surface area contributed by atoms with E-state index in [-0.39, 0.29) is 24.7 Å². The SMILES string of the molecule is CC(C)O[Si](O)(CCCN(F)C(=O)N(F)c1ccc(F)c(F)c1F)OC(C)C. The van der Waals surface area contributed by atoms with Gasteiger partial charge in [0.1, 0.15) is 5.69 Å². The Morgan fingerprint density at radius 3 is 2.11 bits per heavy atom. The quantitative estimate of drug-likeness (QED) is 0.275. The fraction of sp³-hybridized carbons (Fsp3) is 0.562. The van der Waals surface area contributed by atoms with Crippen LogP contribution in [0, 0.1) is 17.5 Å². The summed E-state index contributed by atoms with van der Waals surface area (Å²) in [6, 6.07) is -1.21. The maximum Gasteiger partial charge on any atom is 0.498 e. The lowest BCUT2D eigenvalue weighted by molar-refractivity contribution is 0.0407. The molecule has 0 saturated heterocycles. The minimum atomic E-state index is -3.65. The monoisotopic (exact) mass is 430 g/mol. The van der Waals surface area contributed by atoms with Crippen molar-refractivity contribution in [1.29, 1.82) is 0 Å². The fourth-order valence-electron chi connectivity index (χ4n) is 2.28. The molecule has 0 aliphatic heterocycles. The molecule has 0 radical (unpaired) electrons. The van der Waals surface area contributed by atoms with Gasteiger partial charge in [-0.3, -0.25) is 0 Å². The lowest BCUT2D eigenvalue weighted by atomic mass is 10.3. The molecule has 0 heterocycles. The van der Waals surface area contributed by atoms with Crippen LogP contribution in [0.2, 0.25) is 6.04 Å². The largest absolute Gasteiger partial charge is 0.498 e. The summed E-state index contributed by atoms with van der Waals surface area (Å²) in [4.78, 5) is 22.1. The predicted molar refractivity (Wildman–Crippen MR) is 93.0 cm³/mol. The number of benzene rings is 1. The second-order valence-corrected chi connectivity index (χ2v) is 8.89. The van der Waals surface area contributed by atoms with E-state index in [1.807, 2.05) is 0 Å². The van der Waals surface area contributed by atoms with Crippen molar-refractivity contribution in [2.75, 3.05) is 11.7 Å². The molecule has 0 atom stereocenters. The summed E-state index contributed by atoms with van der Waals surface area (Å²) in [5, 5.41) is -1.56. The Balaban J connectivity index is 2.72. The number of anilines is 1. The zero-order chi connectivity index (χ0) is 21.6. The highest BCUT2D eigenvalue weighted by atomic mass is 28.4. The summed E-state index contributed by atoms with van der Waals surface area (Å²) >= 11 is 0. The molecule has 1 aromatic rings. The van der Waals surface area contributed by atoms with Gasteiger partial charge in [-0.25, -0.2) is 18.0 Å². The molecule has 28 heavy (non-hydrogen) atoms. The number of hydrogen-bond acceptors (Lipinski definition) is 4. The topological polar surface area (TPSA) is 62.2 Å². The highest BCUT2D eigenvalue weighted by Crippen LogP contribution is 2.25. The van der Waals surface area contributed by atoms with Gasteiger partial charge in [0.2, 0.25) is 0 Å². The van der Waals surface area contributed by atoms with Crippen molar-refractivity contribution in [2.45, 2.75) is 52.4 Å². The Morgan fingerprint density at radius 2 is 1.61 bits per heavy atom. The molecule has 1 rings (SSSR count). The van der Waals surface area contributed by atoms with Crippen LogP contribution in [0.5, 0.6) is 0 Å². The van der Waals surface area contributed by atoms with E-state index < -0.39 is 54.8 Å². The maximum absolute atomic E-state index is 13.9. The normalized spacial score (nSPS) is 12.0. The van der Waals surface area contributed by atoms with Gasteiger partial charge in [0.25, 0.3) is 0 Å². The summed E-state index contributed by atoms with van der Waals surface area (Å²) in [5.41, 5.74) is -1.27. The molecule has 0 spiro atoms. The highest BCUT2D eigenvalue weighted by molar-refractivity contribution is 6.59. The smallest absolute Gasteiger partial charge is 0.390 e. The lowest BCUT2D eigenvalue weighted by Gasteiger charge is -2.28. The Kier molecular flexibility index (Phi) is 8.79. The molecule has 12 heteroatoms. The van der Waals surface area contributed by atoms with Crippen LogP contribution in [0.3, 0.4) is 0 Å².